The molecule has 0 aliphatic heterocycles. The molecule has 2 rings (SSSR count). The van der Waals surface area contributed by atoms with Gasteiger partial charge in [0.2, 0.25) is 0 Å². The molecule has 19 heavy (non-hydrogen) atoms. The Bertz CT molecular complexity index is 545. The number of aryl methyl sites for hydroxylation is 2. The van der Waals surface area contributed by atoms with Gasteiger partial charge in [0.15, 0.2) is 0 Å². The molecule has 0 aliphatic carbocycles. The molecule has 1 aromatic heterocycles. The van der Waals surface area contributed by atoms with Crippen LogP contribution >= 0.6 is 0 Å². The van der Waals surface area contributed by atoms with E-state index in [4.69, 9.17) is 5.84 Å². The summed E-state index contributed by atoms with van der Waals surface area (Å²) >= 11 is 0. The lowest BCUT2D eigenvalue weighted by Gasteiger charge is -2.20. The molecule has 0 saturated carbocycles. The molecule has 102 valence electrons. The first-order chi connectivity index (χ1) is 9.19. The summed E-state index contributed by atoms with van der Waals surface area (Å²) in [5.41, 5.74) is 6.62. The Hall–Kier alpha value is -1.65. The Labute approximate surface area is 114 Å². The highest BCUT2D eigenvalue weighted by Gasteiger charge is 2.19. The summed E-state index contributed by atoms with van der Waals surface area (Å²) in [5, 5.41) is 0. The van der Waals surface area contributed by atoms with Crippen LogP contribution in [0.1, 0.15) is 41.9 Å². The van der Waals surface area contributed by atoms with Gasteiger partial charge in [0, 0.05) is 18.9 Å². The van der Waals surface area contributed by atoms with Crippen LogP contribution in [0.3, 0.4) is 0 Å². The average Bonchev–Trinajstić information content (AvgIpc) is 2.84. The number of imidazole rings is 1. The summed E-state index contributed by atoms with van der Waals surface area (Å²) in [6.45, 7) is 7.36. The molecule has 0 fully saturated rings. The van der Waals surface area contributed by atoms with Crippen LogP contribution in [0, 0.1) is 13.8 Å². The van der Waals surface area contributed by atoms with E-state index in [0.29, 0.717) is 0 Å². The Morgan fingerprint density at radius 3 is 2.84 bits per heavy atom. The summed E-state index contributed by atoms with van der Waals surface area (Å²) in [5.74, 6) is 6.75. The first kappa shape index (κ1) is 13.8. The number of hydrazine groups is 1. The average molecular weight is 258 g/mol. The Kier molecular flexibility index (Phi) is 4.35. The second-order valence-corrected chi connectivity index (χ2v) is 4.87. The van der Waals surface area contributed by atoms with Crippen LogP contribution in [0.4, 0.5) is 0 Å². The van der Waals surface area contributed by atoms with E-state index >= 15 is 0 Å². The number of aromatic nitrogens is 2. The fraction of sp³-hybridized carbons (Fsp3) is 0.400. The van der Waals surface area contributed by atoms with Crippen molar-refractivity contribution in [2.45, 2.75) is 39.8 Å². The van der Waals surface area contributed by atoms with Crippen molar-refractivity contribution in [3.63, 3.8) is 0 Å². The minimum absolute atomic E-state index is 0.0681. The molecular formula is C15H22N4. The quantitative estimate of drug-likeness (QED) is 0.640. The predicted molar refractivity (Wildman–Crippen MR) is 77.6 cm³/mol. The molecule has 4 nitrogen and oxygen atoms in total. The third kappa shape index (κ3) is 2.69. The van der Waals surface area contributed by atoms with Crippen LogP contribution in [0.5, 0.6) is 0 Å². The number of rotatable bonds is 5. The van der Waals surface area contributed by atoms with Gasteiger partial charge in [-0.2, -0.15) is 0 Å². The van der Waals surface area contributed by atoms with Crippen LogP contribution in [-0.4, -0.2) is 9.55 Å². The highest BCUT2D eigenvalue weighted by molar-refractivity contribution is 5.38. The highest BCUT2D eigenvalue weighted by Crippen LogP contribution is 2.25. The zero-order valence-corrected chi connectivity index (χ0v) is 11.9. The zero-order chi connectivity index (χ0) is 13.8. The molecule has 1 atom stereocenters. The normalized spacial score (nSPS) is 12.6. The smallest absolute Gasteiger partial charge is 0.131 e. The maximum atomic E-state index is 5.78. The zero-order valence-electron chi connectivity index (χ0n) is 11.9. The van der Waals surface area contributed by atoms with E-state index in [9.17, 15) is 0 Å². The summed E-state index contributed by atoms with van der Waals surface area (Å²) in [6.07, 6.45) is 4.92. The molecule has 0 radical (unpaired) electrons. The summed E-state index contributed by atoms with van der Waals surface area (Å²) in [6, 6.07) is 6.22. The van der Waals surface area contributed by atoms with E-state index in [1.54, 1.807) is 0 Å². The Morgan fingerprint density at radius 1 is 1.37 bits per heavy atom. The van der Waals surface area contributed by atoms with Crippen LogP contribution in [-0.2, 0) is 6.54 Å². The summed E-state index contributed by atoms with van der Waals surface area (Å²) in [7, 11) is 0. The Balaban J connectivity index is 2.44. The lowest BCUT2D eigenvalue weighted by atomic mass is 9.97. The van der Waals surface area contributed by atoms with Crippen molar-refractivity contribution < 1.29 is 0 Å². The van der Waals surface area contributed by atoms with Gasteiger partial charge in [-0.25, -0.2) is 10.4 Å². The Morgan fingerprint density at radius 2 is 2.16 bits per heavy atom. The van der Waals surface area contributed by atoms with Crippen molar-refractivity contribution in [2.75, 3.05) is 0 Å². The number of benzene rings is 1. The fourth-order valence-corrected chi connectivity index (χ4v) is 2.40. The topological polar surface area (TPSA) is 55.9 Å². The van der Waals surface area contributed by atoms with Crippen LogP contribution < -0.4 is 11.3 Å². The van der Waals surface area contributed by atoms with E-state index in [-0.39, 0.29) is 6.04 Å². The molecule has 0 saturated heterocycles. The second kappa shape index (κ2) is 5.99. The van der Waals surface area contributed by atoms with Crippen LogP contribution in [0.2, 0.25) is 0 Å². The van der Waals surface area contributed by atoms with E-state index in [1.807, 2.05) is 12.4 Å². The van der Waals surface area contributed by atoms with E-state index in [1.165, 1.54) is 16.7 Å². The summed E-state index contributed by atoms with van der Waals surface area (Å²) < 4.78 is 2.16. The summed E-state index contributed by atoms with van der Waals surface area (Å²) in [4.78, 5) is 4.47. The standard InChI is InChI=1S/C15H22N4/c1-4-9-19-10-8-17-15(19)14(18-16)13-7-5-6-11(2)12(13)3/h5-8,10,14,18H,4,9,16H2,1-3H3. The largest absolute Gasteiger partial charge is 0.333 e. The van der Waals surface area contributed by atoms with Gasteiger partial charge in [-0.15, -0.1) is 0 Å². The first-order valence-corrected chi connectivity index (χ1v) is 6.72. The van der Waals surface area contributed by atoms with E-state index in [0.717, 1.165) is 18.8 Å². The number of nitrogens with two attached hydrogens (primary N) is 1. The molecular weight excluding hydrogens is 236 g/mol. The minimum atomic E-state index is -0.0681. The van der Waals surface area contributed by atoms with Gasteiger partial charge >= 0.3 is 0 Å². The van der Waals surface area contributed by atoms with Gasteiger partial charge in [0.1, 0.15) is 11.9 Å². The SMILES string of the molecule is CCCn1ccnc1C(NN)c1cccc(C)c1C. The maximum absolute atomic E-state index is 5.78. The third-order valence-electron chi connectivity index (χ3n) is 3.59. The van der Waals surface area contributed by atoms with Gasteiger partial charge in [-0.3, -0.25) is 5.84 Å². The minimum Gasteiger partial charge on any atom is -0.333 e. The van der Waals surface area contributed by atoms with Crippen molar-refractivity contribution in [1.82, 2.24) is 15.0 Å². The molecule has 0 aliphatic rings. The fourth-order valence-electron chi connectivity index (χ4n) is 2.40. The molecule has 1 aromatic carbocycles. The van der Waals surface area contributed by atoms with Crippen LogP contribution in [0.25, 0.3) is 0 Å². The molecule has 4 heteroatoms. The number of hydrogen-bond donors (Lipinski definition) is 2. The number of nitrogens with zero attached hydrogens (tertiary/aromatic N) is 2. The lowest BCUT2D eigenvalue weighted by Crippen LogP contribution is -2.31. The van der Waals surface area contributed by atoms with Gasteiger partial charge in [0.05, 0.1) is 0 Å². The van der Waals surface area contributed by atoms with E-state index in [2.05, 4.69) is 53.9 Å². The first-order valence-electron chi connectivity index (χ1n) is 6.72. The number of hydrogen-bond acceptors (Lipinski definition) is 3. The molecule has 1 unspecified atom stereocenters. The second-order valence-electron chi connectivity index (χ2n) is 4.87. The molecule has 2 aromatic rings. The molecule has 0 spiro atoms. The predicted octanol–water partition coefficient (Wildman–Crippen LogP) is 2.46. The van der Waals surface area contributed by atoms with Crippen molar-refractivity contribution in [1.29, 1.82) is 0 Å². The van der Waals surface area contributed by atoms with E-state index < -0.39 is 0 Å². The van der Waals surface area contributed by atoms with Gasteiger partial charge in [0.25, 0.3) is 0 Å². The highest BCUT2D eigenvalue weighted by atomic mass is 15.3. The van der Waals surface area contributed by atoms with Crippen molar-refractivity contribution in [3.05, 3.63) is 53.1 Å². The van der Waals surface area contributed by atoms with Crippen molar-refractivity contribution >= 4 is 0 Å². The van der Waals surface area contributed by atoms with Gasteiger partial charge < -0.3 is 4.57 Å². The monoisotopic (exact) mass is 258 g/mol. The maximum Gasteiger partial charge on any atom is 0.131 e. The van der Waals surface area contributed by atoms with Crippen molar-refractivity contribution in [3.8, 4) is 0 Å². The van der Waals surface area contributed by atoms with Crippen LogP contribution in [0.15, 0.2) is 30.6 Å². The molecule has 0 bridgehead atoms. The molecule has 3 N–H and O–H groups in total. The molecule has 0 amide bonds. The van der Waals surface area contributed by atoms with Gasteiger partial charge in [-0.05, 0) is 37.0 Å². The number of nitrogens with one attached hydrogen (secondary N) is 1. The molecule has 1 heterocycles. The van der Waals surface area contributed by atoms with Gasteiger partial charge in [-0.1, -0.05) is 25.1 Å². The van der Waals surface area contributed by atoms with Crippen molar-refractivity contribution in [2.24, 2.45) is 5.84 Å². The lowest BCUT2D eigenvalue weighted by molar-refractivity contribution is 0.543. The third-order valence-corrected chi connectivity index (χ3v) is 3.59.